The third-order valence-electron chi connectivity index (χ3n) is 3.67. The number of nitrogens with one attached hydrogen (secondary N) is 1. The molecule has 0 atom stereocenters. The van der Waals surface area contributed by atoms with Crippen LogP contribution in [0.15, 0.2) is 0 Å². The molecule has 1 N–H and O–H groups in total. The lowest BCUT2D eigenvalue weighted by Crippen LogP contribution is -2.41. The largest absolute Gasteiger partial charge is 0.381 e. The summed E-state index contributed by atoms with van der Waals surface area (Å²) in [6, 6.07) is 0. The van der Waals surface area contributed by atoms with E-state index in [2.05, 4.69) is 22.4 Å². The highest BCUT2D eigenvalue weighted by atomic mass is 32.2. The molecule has 0 radical (unpaired) electrons. The maximum Gasteiger partial charge on any atom is 0.205 e. The lowest BCUT2D eigenvalue weighted by Gasteiger charge is -2.36. The van der Waals surface area contributed by atoms with E-state index in [-0.39, 0.29) is 11.2 Å². The topological polar surface area (TPSA) is 81.2 Å². The molecule has 1 saturated heterocycles. The van der Waals surface area contributed by atoms with Crippen LogP contribution >= 0.6 is 11.3 Å². The monoisotopic (exact) mass is 333 g/mol. The van der Waals surface area contributed by atoms with E-state index >= 15 is 0 Å². The molecule has 0 spiro atoms. The first kappa shape index (κ1) is 16.6. The Morgan fingerprint density at radius 1 is 1.33 bits per heavy atom. The minimum atomic E-state index is -3.02. The van der Waals surface area contributed by atoms with Crippen molar-refractivity contribution in [1.29, 1.82) is 0 Å². The van der Waals surface area contributed by atoms with Gasteiger partial charge in [-0.3, -0.25) is 0 Å². The first-order chi connectivity index (χ1) is 9.92. The van der Waals surface area contributed by atoms with Gasteiger partial charge in [0.25, 0.3) is 0 Å². The summed E-state index contributed by atoms with van der Waals surface area (Å²) >= 11 is 1.55. The summed E-state index contributed by atoms with van der Waals surface area (Å²) in [5, 5.41) is 13.3. The number of anilines is 1. The number of sulfone groups is 1. The summed E-state index contributed by atoms with van der Waals surface area (Å²) in [5.41, 5.74) is -0.261. The molecule has 120 valence electrons. The minimum absolute atomic E-state index is 0.191. The maximum atomic E-state index is 11.7. The van der Waals surface area contributed by atoms with Gasteiger partial charge in [0.05, 0.1) is 5.75 Å². The highest BCUT2D eigenvalue weighted by molar-refractivity contribution is 7.90. The Kier molecular flexibility index (Phi) is 5.56. The van der Waals surface area contributed by atoms with Crippen LogP contribution in [0.5, 0.6) is 0 Å². The van der Waals surface area contributed by atoms with Gasteiger partial charge in [-0.15, -0.1) is 10.2 Å². The van der Waals surface area contributed by atoms with Crippen LogP contribution in [0, 0.1) is 5.41 Å². The quantitative estimate of drug-likeness (QED) is 0.818. The van der Waals surface area contributed by atoms with Crippen molar-refractivity contribution in [3.8, 4) is 0 Å². The van der Waals surface area contributed by atoms with E-state index in [0.29, 0.717) is 19.8 Å². The maximum absolute atomic E-state index is 11.7. The number of nitrogens with zero attached hydrogens (tertiary/aromatic N) is 2. The lowest BCUT2D eigenvalue weighted by atomic mass is 9.82. The normalized spacial score (nSPS) is 18.6. The standard InChI is InChI=1S/C13H23N3O3S2/c1-3-4-11-15-16-12(20-11)14-9-13(10-21(2,17)18)5-7-19-8-6-13/h3-10H2,1-2H3,(H,14,16). The Labute approximate surface area is 130 Å². The predicted octanol–water partition coefficient (Wildman–Crippen LogP) is 1.74. The Morgan fingerprint density at radius 2 is 2.05 bits per heavy atom. The SMILES string of the molecule is CCCc1nnc(NCC2(CS(C)(=O)=O)CCOCC2)s1. The van der Waals surface area contributed by atoms with Gasteiger partial charge in [-0.05, 0) is 19.3 Å². The van der Waals surface area contributed by atoms with Crippen molar-refractivity contribution in [3.63, 3.8) is 0 Å². The number of aryl methyl sites for hydroxylation is 1. The molecule has 1 aliphatic heterocycles. The molecule has 2 rings (SSSR count). The summed E-state index contributed by atoms with van der Waals surface area (Å²) < 4.78 is 28.8. The molecule has 1 aromatic heterocycles. The van der Waals surface area contributed by atoms with Crippen molar-refractivity contribution in [1.82, 2.24) is 10.2 Å². The third kappa shape index (κ3) is 5.19. The molecular weight excluding hydrogens is 310 g/mol. The van der Waals surface area contributed by atoms with Gasteiger partial charge in [0.15, 0.2) is 0 Å². The van der Waals surface area contributed by atoms with E-state index in [1.54, 1.807) is 11.3 Å². The molecule has 0 aliphatic carbocycles. The molecule has 8 heteroatoms. The molecule has 0 unspecified atom stereocenters. The van der Waals surface area contributed by atoms with E-state index in [1.807, 2.05) is 0 Å². The number of aromatic nitrogens is 2. The Morgan fingerprint density at radius 3 is 2.67 bits per heavy atom. The van der Waals surface area contributed by atoms with Gasteiger partial charge in [0.1, 0.15) is 14.8 Å². The fraction of sp³-hybridized carbons (Fsp3) is 0.846. The average Bonchev–Trinajstić information content (AvgIpc) is 2.84. The predicted molar refractivity (Wildman–Crippen MR) is 84.6 cm³/mol. The van der Waals surface area contributed by atoms with Crippen molar-refractivity contribution in [2.24, 2.45) is 5.41 Å². The van der Waals surface area contributed by atoms with E-state index in [0.717, 1.165) is 35.8 Å². The number of ether oxygens (including phenoxy) is 1. The van der Waals surface area contributed by atoms with Crippen LogP contribution in [0.2, 0.25) is 0 Å². The van der Waals surface area contributed by atoms with Gasteiger partial charge in [-0.1, -0.05) is 18.3 Å². The number of rotatable bonds is 7. The van der Waals surface area contributed by atoms with Crippen LogP contribution in [0.4, 0.5) is 5.13 Å². The molecule has 1 aliphatic rings. The van der Waals surface area contributed by atoms with Gasteiger partial charge >= 0.3 is 0 Å². The van der Waals surface area contributed by atoms with Crippen molar-refractivity contribution in [2.45, 2.75) is 32.6 Å². The van der Waals surface area contributed by atoms with E-state index in [1.165, 1.54) is 6.26 Å². The first-order valence-corrected chi connectivity index (χ1v) is 10.1. The molecule has 6 nitrogen and oxygen atoms in total. The van der Waals surface area contributed by atoms with Crippen molar-refractivity contribution >= 4 is 26.3 Å². The molecule has 1 aromatic rings. The zero-order chi connectivity index (χ0) is 15.3. The lowest BCUT2D eigenvalue weighted by molar-refractivity contribution is 0.0315. The second-order valence-corrected chi connectivity index (χ2v) is 8.99. The van der Waals surface area contributed by atoms with Crippen LogP contribution < -0.4 is 5.32 Å². The van der Waals surface area contributed by atoms with Crippen LogP contribution in [-0.4, -0.2) is 50.4 Å². The molecule has 0 aromatic carbocycles. The second-order valence-electron chi connectivity index (χ2n) is 5.79. The number of hydrogen-bond acceptors (Lipinski definition) is 7. The third-order valence-corrected chi connectivity index (χ3v) is 5.74. The summed E-state index contributed by atoms with van der Waals surface area (Å²) in [7, 11) is -3.02. The van der Waals surface area contributed by atoms with Gasteiger partial charge in [0.2, 0.25) is 5.13 Å². The first-order valence-electron chi connectivity index (χ1n) is 7.24. The summed E-state index contributed by atoms with van der Waals surface area (Å²) in [6.45, 7) is 3.95. The van der Waals surface area contributed by atoms with E-state index in [4.69, 9.17) is 4.74 Å². The van der Waals surface area contributed by atoms with Crippen molar-refractivity contribution in [2.75, 3.05) is 37.1 Å². The highest BCUT2D eigenvalue weighted by Crippen LogP contribution is 2.33. The molecule has 0 amide bonds. The van der Waals surface area contributed by atoms with Gasteiger partial charge < -0.3 is 10.1 Å². The number of hydrogen-bond donors (Lipinski definition) is 1. The Balaban J connectivity index is 2.01. The molecule has 0 bridgehead atoms. The zero-order valence-corrected chi connectivity index (χ0v) is 14.2. The summed E-state index contributed by atoms with van der Waals surface area (Å²) in [6.07, 6.45) is 4.79. The highest BCUT2D eigenvalue weighted by Gasteiger charge is 2.36. The Bertz CT molecular complexity index is 551. The van der Waals surface area contributed by atoms with E-state index in [9.17, 15) is 8.42 Å². The van der Waals surface area contributed by atoms with Crippen molar-refractivity contribution in [3.05, 3.63) is 5.01 Å². The summed E-state index contributed by atoms with van der Waals surface area (Å²) in [5.74, 6) is 0.191. The second kappa shape index (κ2) is 7.02. The Hall–Kier alpha value is -0.730. The fourth-order valence-corrected chi connectivity index (χ4v) is 4.98. The van der Waals surface area contributed by atoms with Gasteiger partial charge in [-0.25, -0.2) is 8.42 Å². The smallest absolute Gasteiger partial charge is 0.205 e. The minimum Gasteiger partial charge on any atom is -0.381 e. The molecule has 0 saturated carbocycles. The van der Waals surface area contributed by atoms with Gasteiger partial charge in [0, 0.05) is 37.9 Å². The molecule has 21 heavy (non-hydrogen) atoms. The summed E-state index contributed by atoms with van der Waals surface area (Å²) in [4.78, 5) is 0. The van der Waals surface area contributed by atoms with Crippen LogP contribution in [-0.2, 0) is 21.0 Å². The molecule has 2 heterocycles. The van der Waals surface area contributed by atoms with Crippen molar-refractivity contribution < 1.29 is 13.2 Å². The van der Waals surface area contributed by atoms with Gasteiger partial charge in [-0.2, -0.15) is 0 Å². The van der Waals surface area contributed by atoms with E-state index < -0.39 is 9.84 Å². The molecule has 1 fully saturated rings. The van der Waals surface area contributed by atoms with Crippen LogP contribution in [0.25, 0.3) is 0 Å². The van der Waals surface area contributed by atoms with Crippen LogP contribution in [0.1, 0.15) is 31.2 Å². The fourth-order valence-electron chi connectivity index (χ4n) is 2.64. The zero-order valence-electron chi connectivity index (χ0n) is 12.6. The van der Waals surface area contributed by atoms with Crippen LogP contribution in [0.3, 0.4) is 0 Å². The molecular formula is C13H23N3O3S2. The average molecular weight is 333 g/mol.